The van der Waals surface area contributed by atoms with Crippen LogP contribution in [0.3, 0.4) is 0 Å². The summed E-state index contributed by atoms with van der Waals surface area (Å²) >= 11 is 0. The number of nitro groups is 1. The van der Waals surface area contributed by atoms with Crippen LogP contribution in [-0.2, 0) is 11.3 Å². The first kappa shape index (κ1) is 14.4. The van der Waals surface area contributed by atoms with Gasteiger partial charge in [0.1, 0.15) is 18.9 Å². The summed E-state index contributed by atoms with van der Waals surface area (Å²) in [5.74, 6) is -0.105. The van der Waals surface area contributed by atoms with Gasteiger partial charge in [-0.25, -0.2) is 0 Å². The number of piperazine rings is 1. The standard InChI is InChI=1S/C11H17N5O4/c17-6-5-13-1-3-14(4-2-13)11(18)9-15-8-10(7-12-15)16(19)20/h7-8,17H,1-6,9H2. The fourth-order valence-electron chi connectivity index (χ4n) is 2.13. The summed E-state index contributed by atoms with van der Waals surface area (Å²) in [4.78, 5) is 25.8. The molecule has 0 spiro atoms. The first-order valence-electron chi connectivity index (χ1n) is 6.38. The minimum atomic E-state index is -0.540. The van der Waals surface area contributed by atoms with Crippen LogP contribution in [-0.4, -0.2) is 74.8 Å². The van der Waals surface area contributed by atoms with Crippen LogP contribution in [0.1, 0.15) is 0 Å². The zero-order valence-corrected chi connectivity index (χ0v) is 11.0. The number of β-amino-alcohol motifs (C(OH)–C–C–N with tert-alkyl or cyclic N) is 1. The molecule has 1 aliphatic rings. The van der Waals surface area contributed by atoms with Crippen LogP contribution < -0.4 is 0 Å². The molecule has 2 heterocycles. The number of aliphatic hydroxyl groups is 1. The predicted octanol–water partition coefficient (Wildman–Crippen LogP) is -1.07. The van der Waals surface area contributed by atoms with Gasteiger partial charge in [0, 0.05) is 32.7 Å². The number of hydrogen-bond acceptors (Lipinski definition) is 6. The highest BCUT2D eigenvalue weighted by Gasteiger charge is 2.21. The topological polar surface area (TPSA) is 105 Å². The Balaban J connectivity index is 1.84. The van der Waals surface area contributed by atoms with E-state index in [0.717, 1.165) is 19.3 Å². The molecule has 1 amide bonds. The molecule has 1 aromatic heterocycles. The molecule has 0 radical (unpaired) electrons. The lowest BCUT2D eigenvalue weighted by molar-refractivity contribution is -0.385. The summed E-state index contributed by atoms with van der Waals surface area (Å²) in [6.45, 7) is 3.40. The maximum absolute atomic E-state index is 12.0. The molecule has 0 aliphatic carbocycles. The Hall–Kier alpha value is -2.00. The van der Waals surface area contributed by atoms with Crippen molar-refractivity contribution in [1.82, 2.24) is 19.6 Å². The van der Waals surface area contributed by atoms with Crippen molar-refractivity contribution in [2.24, 2.45) is 0 Å². The van der Waals surface area contributed by atoms with E-state index in [2.05, 4.69) is 10.00 Å². The fraction of sp³-hybridized carbons (Fsp3) is 0.636. The minimum Gasteiger partial charge on any atom is -0.395 e. The molecule has 0 atom stereocenters. The first-order valence-corrected chi connectivity index (χ1v) is 6.38. The van der Waals surface area contributed by atoms with Crippen molar-refractivity contribution in [3.05, 3.63) is 22.5 Å². The van der Waals surface area contributed by atoms with E-state index in [1.807, 2.05) is 0 Å². The number of carbonyl (C=O) groups excluding carboxylic acids is 1. The van der Waals surface area contributed by atoms with Gasteiger partial charge >= 0.3 is 5.69 Å². The Morgan fingerprint density at radius 2 is 2.10 bits per heavy atom. The van der Waals surface area contributed by atoms with E-state index in [-0.39, 0.29) is 24.7 Å². The van der Waals surface area contributed by atoms with Gasteiger partial charge in [0.05, 0.1) is 11.5 Å². The van der Waals surface area contributed by atoms with Crippen LogP contribution >= 0.6 is 0 Å². The molecule has 1 saturated heterocycles. The van der Waals surface area contributed by atoms with E-state index in [1.54, 1.807) is 4.90 Å². The number of rotatable bonds is 5. The van der Waals surface area contributed by atoms with Crippen molar-refractivity contribution < 1.29 is 14.8 Å². The maximum Gasteiger partial charge on any atom is 0.307 e. The Bertz CT molecular complexity index is 481. The quantitative estimate of drug-likeness (QED) is 0.545. The summed E-state index contributed by atoms with van der Waals surface area (Å²) in [5.41, 5.74) is -0.120. The molecule has 0 saturated carbocycles. The van der Waals surface area contributed by atoms with Gasteiger partial charge in [-0.2, -0.15) is 5.10 Å². The number of aromatic nitrogens is 2. The van der Waals surface area contributed by atoms with Gasteiger partial charge in [0.25, 0.3) is 0 Å². The number of hydrogen-bond donors (Lipinski definition) is 1. The maximum atomic E-state index is 12.0. The van der Waals surface area contributed by atoms with Crippen molar-refractivity contribution in [3.63, 3.8) is 0 Å². The van der Waals surface area contributed by atoms with E-state index in [1.165, 1.54) is 10.9 Å². The fourth-order valence-corrected chi connectivity index (χ4v) is 2.13. The second kappa shape index (κ2) is 6.44. The SMILES string of the molecule is O=C(Cn1cc([N+](=O)[O-])cn1)N1CCN(CCO)CC1. The van der Waals surface area contributed by atoms with Crippen molar-refractivity contribution in [2.75, 3.05) is 39.3 Å². The van der Waals surface area contributed by atoms with Crippen molar-refractivity contribution >= 4 is 11.6 Å². The van der Waals surface area contributed by atoms with Gasteiger partial charge in [0.2, 0.25) is 5.91 Å². The van der Waals surface area contributed by atoms with E-state index < -0.39 is 4.92 Å². The average molecular weight is 283 g/mol. The molecule has 1 aromatic rings. The van der Waals surface area contributed by atoms with Gasteiger partial charge in [-0.05, 0) is 0 Å². The molecule has 110 valence electrons. The Labute approximate surface area is 115 Å². The molecule has 1 aliphatic heterocycles. The summed E-state index contributed by atoms with van der Waals surface area (Å²) in [7, 11) is 0. The molecule has 1 fully saturated rings. The lowest BCUT2D eigenvalue weighted by Gasteiger charge is -2.34. The molecule has 9 nitrogen and oxygen atoms in total. The molecule has 9 heteroatoms. The molecule has 20 heavy (non-hydrogen) atoms. The molecule has 0 aromatic carbocycles. The second-order valence-corrected chi connectivity index (χ2v) is 4.60. The summed E-state index contributed by atoms with van der Waals surface area (Å²) in [6.07, 6.45) is 2.38. The minimum absolute atomic E-state index is 0.00778. The first-order chi connectivity index (χ1) is 9.60. The van der Waals surface area contributed by atoms with Gasteiger partial charge in [-0.3, -0.25) is 24.5 Å². The van der Waals surface area contributed by atoms with Crippen LogP contribution in [0.15, 0.2) is 12.4 Å². The van der Waals surface area contributed by atoms with Crippen molar-refractivity contribution in [3.8, 4) is 0 Å². The van der Waals surface area contributed by atoms with E-state index in [0.29, 0.717) is 19.6 Å². The predicted molar refractivity (Wildman–Crippen MR) is 69.0 cm³/mol. The van der Waals surface area contributed by atoms with Gasteiger partial charge in [0.15, 0.2) is 0 Å². The summed E-state index contributed by atoms with van der Waals surface area (Å²) in [5, 5.41) is 23.2. The summed E-state index contributed by atoms with van der Waals surface area (Å²) < 4.78 is 1.28. The van der Waals surface area contributed by atoms with Crippen LogP contribution in [0.5, 0.6) is 0 Å². The van der Waals surface area contributed by atoms with Gasteiger partial charge in [-0.15, -0.1) is 0 Å². The molecule has 2 rings (SSSR count). The highest BCUT2D eigenvalue weighted by Crippen LogP contribution is 2.08. The smallest absolute Gasteiger partial charge is 0.307 e. The van der Waals surface area contributed by atoms with E-state index in [9.17, 15) is 14.9 Å². The zero-order valence-electron chi connectivity index (χ0n) is 11.0. The van der Waals surface area contributed by atoms with Gasteiger partial charge in [-0.1, -0.05) is 0 Å². The van der Waals surface area contributed by atoms with Crippen LogP contribution in [0.25, 0.3) is 0 Å². The molecule has 0 unspecified atom stereocenters. The third kappa shape index (κ3) is 3.52. The van der Waals surface area contributed by atoms with Crippen LogP contribution in [0.4, 0.5) is 5.69 Å². The zero-order chi connectivity index (χ0) is 14.5. The van der Waals surface area contributed by atoms with Crippen LogP contribution in [0.2, 0.25) is 0 Å². The van der Waals surface area contributed by atoms with Crippen molar-refractivity contribution in [2.45, 2.75) is 6.54 Å². The Morgan fingerprint density at radius 3 is 2.65 bits per heavy atom. The number of carbonyl (C=O) groups is 1. The normalized spacial score (nSPS) is 16.4. The molecular formula is C11H17N5O4. The number of amides is 1. The average Bonchev–Trinajstić information content (AvgIpc) is 2.88. The lowest BCUT2D eigenvalue weighted by Crippen LogP contribution is -2.50. The summed E-state index contributed by atoms with van der Waals surface area (Å²) in [6, 6.07) is 0. The van der Waals surface area contributed by atoms with Gasteiger partial charge < -0.3 is 10.0 Å². The lowest BCUT2D eigenvalue weighted by atomic mass is 10.3. The van der Waals surface area contributed by atoms with Crippen LogP contribution in [0, 0.1) is 10.1 Å². The molecule has 1 N–H and O–H groups in total. The van der Waals surface area contributed by atoms with E-state index in [4.69, 9.17) is 5.11 Å². The number of aliphatic hydroxyl groups excluding tert-OH is 1. The third-order valence-electron chi connectivity index (χ3n) is 3.27. The number of nitrogens with zero attached hydrogens (tertiary/aromatic N) is 5. The monoisotopic (exact) mass is 283 g/mol. The second-order valence-electron chi connectivity index (χ2n) is 4.60. The molecule has 0 bridgehead atoms. The highest BCUT2D eigenvalue weighted by atomic mass is 16.6. The van der Waals surface area contributed by atoms with Crippen molar-refractivity contribution in [1.29, 1.82) is 0 Å². The molecular weight excluding hydrogens is 266 g/mol. The Kier molecular flexibility index (Phi) is 4.64. The largest absolute Gasteiger partial charge is 0.395 e. The Morgan fingerprint density at radius 1 is 1.40 bits per heavy atom. The highest BCUT2D eigenvalue weighted by molar-refractivity contribution is 5.76. The van der Waals surface area contributed by atoms with E-state index >= 15 is 0 Å². The third-order valence-corrected chi connectivity index (χ3v) is 3.27.